The number of hydrogen-bond acceptors (Lipinski definition) is 8. The predicted molar refractivity (Wildman–Crippen MR) is 148 cm³/mol. The molecule has 10 heteroatoms. The van der Waals surface area contributed by atoms with Gasteiger partial charge in [-0.3, -0.25) is 9.59 Å². The SMILES string of the molecule is COc1ccc(Nc2cc(-c3ccc(C(=O)CCCc4ccn(C)c(=O)c4)cc3)nn3ccnc23)nc1OC. The Bertz CT molecular complexity index is 1690. The highest BCUT2D eigenvalue weighted by molar-refractivity contribution is 5.96. The Kier molecular flexibility index (Phi) is 7.35. The van der Waals surface area contributed by atoms with Gasteiger partial charge in [-0.1, -0.05) is 24.3 Å². The fourth-order valence-corrected chi connectivity index (χ4v) is 4.26. The van der Waals surface area contributed by atoms with Crippen LogP contribution in [0, 0.1) is 0 Å². The van der Waals surface area contributed by atoms with Crippen molar-refractivity contribution in [2.24, 2.45) is 7.05 Å². The van der Waals surface area contributed by atoms with E-state index >= 15 is 0 Å². The molecule has 0 unspecified atom stereocenters. The minimum Gasteiger partial charge on any atom is -0.491 e. The van der Waals surface area contributed by atoms with E-state index in [4.69, 9.17) is 9.47 Å². The molecule has 4 aromatic heterocycles. The molecule has 0 saturated carbocycles. The van der Waals surface area contributed by atoms with E-state index in [2.05, 4.69) is 20.4 Å². The molecule has 0 aliphatic heterocycles. The van der Waals surface area contributed by atoms with Gasteiger partial charge in [-0.2, -0.15) is 10.1 Å². The van der Waals surface area contributed by atoms with Gasteiger partial charge in [-0.25, -0.2) is 9.50 Å². The van der Waals surface area contributed by atoms with Crippen LogP contribution in [0.4, 0.5) is 11.5 Å². The van der Waals surface area contributed by atoms with E-state index in [1.54, 1.807) is 55.5 Å². The van der Waals surface area contributed by atoms with E-state index in [9.17, 15) is 9.59 Å². The lowest BCUT2D eigenvalue weighted by Crippen LogP contribution is -2.15. The summed E-state index contributed by atoms with van der Waals surface area (Å²) in [4.78, 5) is 33.4. The van der Waals surface area contributed by atoms with Crippen LogP contribution in [0.15, 0.2) is 78.0 Å². The minimum atomic E-state index is -0.0461. The predicted octanol–water partition coefficient (Wildman–Crippen LogP) is 4.46. The average Bonchev–Trinajstić information content (AvgIpc) is 3.44. The summed E-state index contributed by atoms with van der Waals surface area (Å²) in [7, 11) is 4.81. The van der Waals surface area contributed by atoms with Gasteiger partial charge >= 0.3 is 0 Å². The Morgan fingerprint density at radius 1 is 1.00 bits per heavy atom. The van der Waals surface area contributed by atoms with Crippen LogP contribution < -0.4 is 20.3 Å². The van der Waals surface area contributed by atoms with Crippen LogP contribution in [0.5, 0.6) is 11.6 Å². The van der Waals surface area contributed by atoms with Crippen LogP contribution in [-0.2, 0) is 13.5 Å². The maximum absolute atomic E-state index is 12.8. The molecule has 10 nitrogen and oxygen atoms in total. The van der Waals surface area contributed by atoms with Crippen LogP contribution in [-0.4, -0.2) is 44.2 Å². The summed E-state index contributed by atoms with van der Waals surface area (Å²) >= 11 is 0. The first-order chi connectivity index (χ1) is 18.9. The van der Waals surface area contributed by atoms with Crippen LogP contribution in [0.3, 0.4) is 0 Å². The van der Waals surface area contributed by atoms with Crippen molar-refractivity contribution in [3.8, 4) is 22.9 Å². The largest absolute Gasteiger partial charge is 0.491 e. The number of rotatable bonds is 10. The van der Waals surface area contributed by atoms with Crippen molar-refractivity contribution in [3.63, 3.8) is 0 Å². The van der Waals surface area contributed by atoms with E-state index in [0.717, 1.165) is 11.1 Å². The van der Waals surface area contributed by atoms with E-state index in [0.29, 0.717) is 59.3 Å². The highest BCUT2D eigenvalue weighted by Gasteiger charge is 2.13. The van der Waals surface area contributed by atoms with Crippen LogP contribution in [0.25, 0.3) is 16.9 Å². The number of ketones is 1. The van der Waals surface area contributed by atoms with Gasteiger partial charge in [0.2, 0.25) is 0 Å². The Morgan fingerprint density at radius 2 is 1.82 bits per heavy atom. The van der Waals surface area contributed by atoms with Crippen molar-refractivity contribution in [2.75, 3.05) is 19.5 Å². The third-order valence-electron chi connectivity index (χ3n) is 6.40. The van der Waals surface area contributed by atoms with Gasteiger partial charge in [-0.05, 0) is 42.7 Å². The highest BCUT2D eigenvalue weighted by atomic mass is 16.5. The molecule has 0 aliphatic rings. The summed E-state index contributed by atoms with van der Waals surface area (Å²) in [6.45, 7) is 0. The summed E-state index contributed by atoms with van der Waals surface area (Å²) < 4.78 is 13.8. The maximum Gasteiger partial charge on any atom is 0.258 e. The molecule has 0 fully saturated rings. The van der Waals surface area contributed by atoms with E-state index < -0.39 is 0 Å². The van der Waals surface area contributed by atoms with Gasteiger partial charge < -0.3 is 19.4 Å². The second-order valence-electron chi connectivity index (χ2n) is 9.01. The Morgan fingerprint density at radius 3 is 2.56 bits per heavy atom. The van der Waals surface area contributed by atoms with Gasteiger partial charge in [0, 0.05) is 49.3 Å². The molecule has 1 aromatic carbocycles. The number of fused-ring (bicyclic) bond motifs is 1. The fourth-order valence-electron chi connectivity index (χ4n) is 4.26. The number of carbonyl (C=O) groups excluding carboxylic acids is 1. The molecule has 39 heavy (non-hydrogen) atoms. The number of aryl methyl sites for hydroxylation is 2. The summed E-state index contributed by atoms with van der Waals surface area (Å²) in [5, 5.41) is 7.97. The number of Topliss-reactive ketones (excluding diaryl/α,β-unsaturated/α-hetero) is 1. The standard InChI is InChI=1S/C29H28N6O4/c1-34-15-13-19(17-27(34)37)5-4-6-24(36)21-9-7-20(8-10-21)22-18-23(28-30-14-16-35(28)33-22)31-26-12-11-25(38-2)29(32-26)39-3/h7-18H,4-6H2,1-3H3,(H,31,32). The van der Waals surface area contributed by atoms with Gasteiger partial charge in [0.1, 0.15) is 5.82 Å². The molecule has 1 N–H and O–H groups in total. The van der Waals surface area contributed by atoms with Crippen molar-refractivity contribution in [1.29, 1.82) is 0 Å². The molecule has 0 saturated heterocycles. The van der Waals surface area contributed by atoms with Gasteiger partial charge in [-0.15, -0.1) is 0 Å². The number of ether oxygens (including phenoxy) is 2. The molecule has 0 spiro atoms. The molecule has 4 heterocycles. The number of carbonyl (C=O) groups is 1. The third-order valence-corrected chi connectivity index (χ3v) is 6.40. The number of aromatic nitrogens is 5. The first kappa shape index (κ1) is 25.7. The Labute approximate surface area is 224 Å². The van der Waals surface area contributed by atoms with Crippen molar-refractivity contribution >= 4 is 22.9 Å². The summed E-state index contributed by atoms with van der Waals surface area (Å²) in [6.07, 6.45) is 6.95. The molecule has 0 bridgehead atoms. The molecule has 5 rings (SSSR count). The average molecular weight is 525 g/mol. The lowest BCUT2D eigenvalue weighted by molar-refractivity contribution is 0.0980. The molecule has 0 amide bonds. The van der Waals surface area contributed by atoms with Crippen molar-refractivity contribution < 1.29 is 14.3 Å². The Balaban J connectivity index is 1.31. The monoisotopic (exact) mass is 524 g/mol. The zero-order valence-corrected chi connectivity index (χ0v) is 21.9. The zero-order valence-electron chi connectivity index (χ0n) is 21.9. The maximum atomic E-state index is 12.8. The number of imidazole rings is 1. The van der Waals surface area contributed by atoms with Gasteiger partial charge in [0.05, 0.1) is 25.6 Å². The molecule has 0 radical (unpaired) electrons. The number of benzene rings is 1. The number of methoxy groups -OCH3 is 2. The minimum absolute atomic E-state index is 0.0461. The molecule has 5 aromatic rings. The number of nitrogens with zero attached hydrogens (tertiary/aromatic N) is 5. The second kappa shape index (κ2) is 11.2. The zero-order chi connectivity index (χ0) is 27.4. The summed E-state index contributed by atoms with van der Waals surface area (Å²) in [5.41, 5.74) is 4.43. The van der Waals surface area contributed by atoms with Crippen LogP contribution >= 0.6 is 0 Å². The smallest absolute Gasteiger partial charge is 0.258 e. The normalized spacial score (nSPS) is 10.9. The molecule has 0 atom stereocenters. The lowest BCUT2D eigenvalue weighted by atomic mass is 10.0. The van der Waals surface area contributed by atoms with Crippen LogP contribution in [0.2, 0.25) is 0 Å². The second-order valence-corrected chi connectivity index (χ2v) is 9.01. The summed E-state index contributed by atoms with van der Waals surface area (Å²) in [5.74, 6) is 1.52. The van der Waals surface area contributed by atoms with Gasteiger partial charge in [0.25, 0.3) is 11.4 Å². The van der Waals surface area contributed by atoms with E-state index in [-0.39, 0.29) is 11.3 Å². The highest BCUT2D eigenvalue weighted by Crippen LogP contribution is 2.30. The Hall–Kier alpha value is -4.99. The summed E-state index contributed by atoms with van der Waals surface area (Å²) in [6, 6.07) is 16.4. The van der Waals surface area contributed by atoms with Crippen LogP contribution in [0.1, 0.15) is 28.8 Å². The topological polar surface area (TPSA) is 113 Å². The quantitative estimate of drug-likeness (QED) is 0.267. The van der Waals surface area contributed by atoms with Crippen molar-refractivity contribution in [2.45, 2.75) is 19.3 Å². The van der Waals surface area contributed by atoms with Crippen molar-refractivity contribution in [3.05, 3.63) is 94.7 Å². The first-order valence-electron chi connectivity index (χ1n) is 12.4. The third kappa shape index (κ3) is 5.64. The number of pyridine rings is 2. The number of hydrogen-bond donors (Lipinski definition) is 1. The first-order valence-corrected chi connectivity index (χ1v) is 12.4. The number of nitrogens with one attached hydrogen (secondary N) is 1. The van der Waals surface area contributed by atoms with E-state index in [1.165, 1.54) is 11.7 Å². The van der Waals surface area contributed by atoms with Gasteiger partial charge in [0.15, 0.2) is 17.2 Å². The number of anilines is 2. The fraction of sp³-hybridized carbons (Fsp3) is 0.207. The van der Waals surface area contributed by atoms with Crippen molar-refractivity contribution in [1.82, 2.24) is 24.1 Å². The van der Waals surface area contributed by atoms with E-state index in [1.807, 2.05) is 36.4 Å². The molecular formula is C29H28N6O4. The lowest BCUT2D eigenvalue weighted by Gasteiger charge is -2.12. The molecule has 198 valence electrons. The molecule has 0 aliphatic carbocycles. The molecular weight excluding hydrogens is 496 g/mol.